The molecule has 3 rings (SSSR count). The maximum atomic E-state index is 12.6. The highest BCUT2D eigenvalue weighted by Gasteiger charge is 2.19. The molecular formula is C21H19ClN2O3S. The van der Waals surface area contributed by atoms with Gasteiger partial charge in [0.15, 0.2) is 0 Å². The number of halogens is 1. The van der Waals surface area contributed by atoms with Crippen LogP contribution in [0.25, 0.3) is 11.1 Å². The molecule has 0 aromatic heterocycles. The van der Waals surface area contributed by atoms with Gasteiger partial charge >= 0.3 is 0 Å². The van der Waals surface area contributed by atoms with Gasteiger partial charge < -0.3 is 5.32 Å². The van der Waals surface area contributed by atoms with Crippen molar-refractivity contribution in [2.24, 2.45) is 0 Å². The van der Waals surface area contributed by atoms with E-state index in [1.54, 1.807) is 48.5 Å². The van der Waals surface area contributed by atoms with E-state index < -0.39 is 10.0 Å². The molecule has 0 saturated carbocycles. The average Bonchev–Trinajstić information content (AvgIpc) is 2.68. The van der Waals surface area contributed by atoms with Crippen molar-refractivity contribution in [2.75, 3.05) is 22.9 Å². The zero-order valence-electron chi connectivity index (χ0n) is 15.4. The lowest BCUT2D eigenvalue weighted by Crippen LogP contribution is -2.26. The molecule has 0 radical (unpaired) electrons. The van der Waals surface area contributed by atoms with Crippen LogP contribution in [0.4, 0.5) is 11.4 Å². The molecule has 28 heavy (non-hydrogen) atoms. The summed E-state index contributed by atoms with van der Waals surface area (Å²) in [5, 5.41) is 3.38. The van der Waals surface area contributed by atoms with E-state index in [4.69, 9.17) is 11.6 Å². The molecule has 3 aromatic carbocycles. The van der Waals surface area contributed by atoms with Gasteiger partial charge in [0.25, 0.3) is 5.91 Å². The van der Waals surface area contributed by atoms with Crippen molar-refractivity contribution in [3.8, 4) is 11.1 Å². The number of amides is 1. The van der Waals surface area contributed by atoms with Crippen LogP contribution < -0.4 is 9.62 Å². The Morgan fingerprint density at radius 1 is 0.964 bits per heavy atom. The highest BCUT2D eigenvalue weighted by molar-refractivity contribution is 7.92. The molecule has 0 heterocycles. The zero-order chi connectivity index (χ0) is 20.3. The average molecular weight is 415 g/mol. The fourth-order valence-electron chi connectivity index (χ4n) is 2.74. The van der Waals surface area contributed by atoms with Crippen LogP contribution in [0.5, 0.6) is 0 Å². The van der Waals surface area contributed by atoms with Gasteiger partial charge in [0, 0.05) is 23.2 Å². The number of benzene rings is 3. The lowest BCUT2D eigenvalue weighted by Gasteiger charge is -2.21. The molecule has 0 aliphatic rings. The maximum absolute atomic E-state index is 12.6. The molecule has 0 unspecified atom stereocenters. The SMILES string of the molecule is CN(c1ccc(-c2ccccc2Cl)cc1NC(=O)c1ccccc1)S(C)(=O)=O. The van der Waals surface area contributed by atoms with E-state index >= 15 is 0 Å². The van der Waals surface area contributed by atoms with Crippen LogP contribution in [0.3, 0.4) is 0 Å². The summed E-state index contributed by atoms with van der Waals surface area (Å²) in [4.78, 5) is 12.6. The number of anilines is 2. The van der Waals surface area contributed by atoms with Crippen molar-refractivity contribution in [1.82, 2.24) is 0 Å². The van der Waals surface area contributed by atoms with E-state index in [9.17, 15) is 13.2 Å². The topological polar surface area (TPSA) is 66.5 Å². The normalized spacial score (nSPS) is 11.1. The van der Waals surface area contributed by atoms with E-state index in [0.29, 0.717) is 22.0 Å². The number of carbonyl (C=O) groups is 1. The van der Waals surface area contributed by atoms with Gasteiger partial charge in [0.2, 0.25) is 10.0 Å². The summed E-state index contributed by atoms with van der Waals surface area (Å²) >= 11 is 6.29. The second kappa shape index (κ2) is 8.04. The highest BCUT2D eigenvalue weighted by Crippen LogP contribution is 2.35. The smallest absolute Gasteiger partial charge is 0.255 e. The van der Waals surface area contributed by atoms with Crippen LogP contribution >= 0.6 is 11.6 Å². The molecule has 3 aromatic rings. The Morgan fingerprint density at radius 3 is 2.25 bits per heavy atom. The summed E-state index contributed by atoms with van der Waals surface area (Å²) in [6, 6.07) is 21.2. The van der Waals surface area contributed by atoms with Gasteiger partial charge in [0.05, 0.1) is 17.6 Å². The Hall–Kier alpha value is -2.83. The number of sulfonamides is 1. The fourth-order valence-corrected chi connectivity index (χ4v) is 3.50. The van der Waals surface area contributed by atoms with Gasteiger partial charge in [0.1, 0.15) is 0 Å². The number of hydrogen-bond donors (Lipinski definition) is 1. The van der Waals surface area contributed by atoms with Gasteiger partial charge in [-0.2, -0.15) is 0 Å². The van der Waals surface area contributed by atoms with E-state index in [2.05, 4.69) is 5.32 Å². The molecule has 0 saturated heterocycles. The molecule has 5 nitrogen and oxygen atoms in total. The molecule has 7 heteroatoms. The summed E-state index contributed by atoms with van der Waals surface area (Å²) in [6.07, 6.45) is 1.11. The Kier molecular flexibility index (Phi) is 5.72. The van der Waals surface area contributed by atoms with E-state index in [0.717, 1.165) is 21.7 Å². The minimum absolute atomic E-state index is 0.333. The molecule has 0 fully saturated rings. The van der Waals surface area contributed by atoms with Crippen LogP contribution in [0.2, 0.25) is 5.02 Å². The lowest BCUT2D eigenvalue weighted by molar-refractivity contribution is 0.102. The standard InChI is InChI=1S/C21H19ClN2O3S/c1-24(28(2,26)27)20-13-12-16(17-10-6-7-11-18(17)22)14-19(20)23-21(25)15-8-4-3-5-9-15/h3-14H,1-2H3,(H,23,25). The Balaban J connectivity index is 2.08. The van der Waals surface area contributed by atoms with Gasteiger partial charge in [-0.05, 0) is 35.9 Å². The van der Waals surface area contributed by atoms with Crippen LogP contribution in [0, 0.1) is 0 Å². The Labute approximate surface area is 169 Å². The number of nitrogens with zero attached hydrogens (tertiary/aromatic N) is 1. The van der Waals surface area contributed by atoms with Crippen LogP contribution in [-0.2, 0) is 10.0 Å². The third-order valence-corrected chi connectivity index (χ3v) is 5.82. The predicted molar refractivity (Wildman–Crippen MR) is 115 cm³/mol. The summed E-state index contributed by atoms with van der Waals surface area (Å²) in [7, 11) is -2.07. The molecule has 144 valence electrons. The molecule has 0 aliphatic heterocycles. The second-order valence-electron chi connectivity index (χ2n) is 6.26. The quantitative estimate of drug-likeness (QED) is 0.660. The third kappa shape index (κ3) is 4.35. The van der Waals surface area contributed by atoms with Crippen LogP contribution in [-0.4, -0.2) is 27.6 Å². The molecule has 1 N–H and O–H groups in total. The minimum Gasteiger partial charge on any atom is -0.320 e. The second-order valence-corrected chi connectivity index (χ2v) is 8.68. The van der Waals surface area contributed by atoms with Gasteiger partial charge in [-0.15, -0.1) is 0 Å². The van der Waals surface area contributed by atoms with E-state index in [1.165, 1.54) is 7.05 Å². The van der Waals surface area contributed by atoms with E-state index in [-0.39, 0.29) is 5.91 Å². The summed E-state index contributed by atoms with van der Waals surface area (Å²) in [5.74, 6) is -0.333. The summed E-state index contributed by atoms with van der Waals surface area (Å²) in [6.45, 7) is 0. The largest absolute Gasteiger partial charge is 0.320 e. The summed E-state index contributed by atoms with van der Waals surface area (Å²) < 4.78 is 25.2. The number of hydrogen-bond acceptors (Lipinski definition) is 3. The molecular weight excluding hydrogens is 396 g/mol. The zero-order valence-corrected chi connectivity index (χ0v) is 17.0. The molecule has 1 amide bonds. The lowest BCUT2D eigenvalue weighted by atomic mass is 10.0. The number of nitrogens with one attached hydrogen (secondary N) is 1. The monoisotopic (exact) mass is 414 g/mol. The molecule has 0 atom stereocenters. The summed E-state index contributed by atoms with van der Waals surface area (Å²) in [5.41, 5.74) is 2.76. The Bertz CT molecular complexity index is 1120. The number of rotatable bonds is 5. The van der Waals surface area contributed by atoms with Crippen molar-refractivity contribution in [3.63, 3.8) is 0 Å². The first-order valence-corrected chi connectivity index (χ1v) is 10.7. The molecule has 0 bridgehead atoms. The highest BCUT2D eigenvalue weighted by atomic mass is 35.5. The number of carbonyl (C=O) groups excluding carboxylic acids is 1. The van der Waals surface area contributed by atoms with Crippen molar-refractivity contribution in [1.29, 1.82) is 0 Å². The van der Waals surface area contributed by atoms with Crippen molar-refractivity contribution in [3.05, 3.63) is 83.4 Å². The van der Waals surface area contributed by atoms with Gasteiger partial charge in [-0.3, -0.25) is 9.10 Å². The molecule has 0 aliphatic carbocycles. The van der Waals surface area contributed by atoms with Crippen molar-refractivity contribution >= 4 is 38.9 Å². The molecule has 0 spiro atoms. The first-order valence-electron chi connectivity index (χ1n) is 8.46. The first-order chi connectivity index (χ1) is 13.3. The van der Waals surface area contributed by atoms with E-state index in [1.807, 2.05) is 24.3 Å². The van der Waals surface area contributed by atoms with Crippen LogP contribution in [0.15, 0.2) is 72.8 Å². The maximum Gasteiger partial charge on any atom is 0.255 e. The van der Waals surface area contributed by atoms with Gasteiger partial charge in [-0.1, -0.05) is 54.1 Å². The third-order valence-electron chi connectivity index (χ3n) is 4.30. The fraction of sp³-hybridized carbons (Fsp3) is 0.0952. The first kappa shape index (κ1) is 19.9. The predicted octanol–water partition coefficient (Wildman–Crippen LogP) is 4.66. The Morgan fingerprint density at radius 2 is 1.61 bits per heavy atom. The van der Waals surface area contributed by atoms with Crippen molar-refractivity contribution < 1.29 is 13.2 Å². The van der Waals surface area contributed by atoms with Crippen LogP contribution in [0.1, 0.15) is 10.4 Å². The van der Waals surface area contributed by atoms with Gasteiger partial charge in [-0.25, -0.2) is 8.42 Å². The van der Waals surface area contributed by atoms with Crippen molar-refractivity contribution in [2.45, 2.75) is 0 Å². The minimum atomic E-state index is -3.51.